The lowest BCUT2D eigenvalue weighted by Crippen LogP contribution is -2.41. The van der Waals surface area contributed by atoms with Crippen LogP contribution < -0.4 is 15.7 Å². The number of aryl methyl sites for hydroxylation is 1. The molecule has 1 atom stereocenters. The number of imide groups is 1. The van der Waals surface area contributed by atoms with Gasteiger partial charge in [-0.05, 0) is 72.2 Å². The van der Waals surface area contributed by atoms with Crippen molar-refractivity contribution in [1.82, 2.24) is 24.5 Å². The number of aliphatic carboxylic acids is 1. The minimum absolute atomic E-state index is 0.105. The zero-order chi connectivity index (χ0) is 35.2. The van der Waals surface area contributed by atoms with Crippen molar-refractivity contribution in [3.8, 4) is 11.6 Å². The first-order chi connectivity index (χ1) is 22.5. The number of benzene rings is 1. The number of hydrogen-bond donors (Lipinski definition) is 2. The zero-order valence-electron chi connectivity index (χ0n) is 27.5. The molecule has 256 valence electrons. The molecule has 3 aromatic rings. The molecule has 2 N–H and O–H groups in total. The molecule has 16 heteroatoms. The van der Waals surface area contributed by atoms with Gasteiger partial charge in [-0.25, -0.2) is 24.2 Å². The molecular formula is C32H38N6O10. The van der Waals surface area contributed by atoms with Crippen molar-refractivity contribution in [2.45, 2.75) is 71.8 Å². The van der Waals surface area contributed by atoms with E-state index in [4.69, 9.17) is 19.0 Å². The number of nitrogens with one attached hydrogen (secondary N) is 1. The molecule has 1 aliphatic heterocycles. The molecule has 2 aromatic heterocycles. The Labute approximate surface area is 275 Å². The fourth-order valence-corrected chi connectivity index (χ4v) is 4.32. The fourth-order valence-electron chi connectivity index (χ4n) is 4.32. The molecule has 0 radical (unpaired) electrons. The van der Waals surface area contributed by atoms with Crippen LogP contribution in [0, 0.1) is 0 Å². The Morgan fingerprint density at radius 2 is 1.58 bits per heavy atom. The van der Waals surface area contributed by atoms with Crippen LogP contribution >= 0.6 is 0 Å². The smallest absolute Gasteiger partial charge is 0.437 e. The largest absolute Gasteiger partial charge is 0.489 e. The monoisotopic (exact) mass is 666 g/mol. The number of carbonyl (C=O) groups is 5. The second kappa shape index (κ2) is 14.5. The minimum Gasteiger partial charge on any atom is -0.489 e. The van der Waals surface area contributed by atoms with Crippen molar-refractivity contribution in [2.75, 3.05) is 13.2 Å². The van der Waals surface area contributed by atoms with Gasteiger partial charge in [0.2, 0.25) is 11.7 Å². The van der Waals surface area contributed by atoms with Gasteiger partial charge in [-0.3, -0.25) is 14.2 Å². The first-order valence-corrected chi connectivity index (χ1v) is 15.0. The maximum atomic E-state index is 12.7. The van der Waals surface area contributed by atoms with Gasteiger partial charge in [0.15, 0.2) is 0 Å². The van der Waals surface area contributed by atoms with Crippen LogP contribution in [0.25, 0.3) is 5.82 Å². The number of hydrogen-bond acceptors (Lipinski definition) is 10. The van der Waals surface area contributed by atoms with Crippen LogP contribution in [0.1, 0.15) is 68.7 Å². The molecule has 3 heterocycles. The Hall–Kier alpha value is -5.51. The van der Waals surface area contributed by atoms with Gasteiger partial charge in [0.25, 0.3) is 11.8 Å². The van der Waals surface area contributed by atoms with Crippen molar-refractivity contribution in [1.29, 1.82) is 0 Å². The summed E-state index contributed by atoms with van der Waals surface area (Å²) in [4.78, 5) is 75.5. The van der Waals surface area contributed by atoms with Crippen molar-refractivity contribution in [2.24, 2.45) is 4.99 Å². The molecule has 0 spiro atoms. The Bertz CT molecular complexity index is 1710. The standard InChI is InChI=1S/C32H38N6O10/c1-31(2,3)46-29(43)33-14-9-15-36-16-17-37(28(36)35-30(44)47-32(4,5)6)24-13-12-20(18-34-24)45-19-23(27(41)42)48-38-25(39)21-10-7-8-11-22(21)26(38)40/h7-8,10-13,16-18,23H,9,14-15,19H2,1-6H3,(H,33,43)(H,41,42)/b35-28+. The fraction of sp³-hybridized carbons (Fsp3) is 0.406. The molecule has 1 aliphatic rings. The first kappa shape index (κ1) is 35.3. The molecule has 0 fully saturated rings. The topological polar surface area (TPSA) is 193 Å². The van der Waals surface area contributed by atoms with Gasteiger partial charge in [-0.1, -0.05) is 12.1 Å². The van der Waals surface area contributed by atoms with E-state index >= 15 is 0 Å². The maximum Gasteiger partial charge on any atom is 0.437 e. The number of aromatic nitrogens is 3. The predicted molar refractivity (Wildman–Crippen MR) is 167 cm³/mol. The molecule has 1 unspecified atom stereocenters. The third kappa shape index (κ3) is 9.28. The summed E-state index contributed by atoms with van der Waals surface area (Å²) in [5, 5.41) is 12.8. The van der Waals surface area contributed by atoms with Crippen LogP contribution in [0.4, 0.5) is 9.59 Å². The highest BCUT2D eigenvalue weighted by Gasteiger charge is 2.39. The van der Waals surface area contributed by atoms with Gasteiger partial charge in [0.05, 0.1) is 17.3 Å². The Morgan fingerprint density at radius 1 is 0.938 bits per heavy atom. The number of ether oxygens (including phenoxy) is 3. The van der Waals surface area contributed by atoms with E-state index in [2.05, 4.69) is 15.3 Å². The third-order valence-corrected chi connectivity index (χ3v) is 6.33. The highest BCUT2D eigenvalue weighted by Crippen LogP contribution is 2.24. The van der Waals surface area contributed by atoms with Crippen LogP contribution in [0.5, 0.6) is 5.75 Å². The molecule has 48 heavy (non-hydrogen) atoms. The number of hydroxylamine groups is 2. The summed E-state index contributed by atoms with van der Waals surface area (Å²) in [6.07, 6.45) is 2.09. The van der Waals surface area contributed by atoms with Crippen LogP contribution in [0.3, 0.4) is 0 Å². The predicted octanol–water partition coefficient (Wildman–Crippen LogP) is 3.48. The highest BCUT2D eigenvalue weighted by molar-refractivity contribution is 6.20. The van der Waals surface area contributed by atoms with Crippen molar-refractivity contribution in [3.63, 3.8) is 0 Å². The average Bonchev–Trinajstić information content (AvgIpc) is 3.49. The number of rotatable bonds is 11. The van der Waals surface area contributed by atoms with Gasteiger partial charge in [0, 0.05) is 25.5 Å². The van der Waals surface area contributed by atoms with E-state index in [1.807, 2.05) is 0 Å². The molecule has 0 saturated carbocycles. The average molecular weight is 667 g/mol. The van der Waals surface area contributed by atoms with Gasteiger partial charge < -0.3 is 29.2 Å². The number of alkyl carbamates (subject to hydrolysis) is 1. The number of amides is 4. The van der Waals surface area contributed by atoms with E-state index in [1.165, 1.54) is 24.4 Å². The van der Waals surface area contributed by atoms with Gasteiger partial charge in [-0.2, -0.15) is 0 Å². The van der Waals surface area contributed by atoms with E-state index in [0.29, 0.717) is 30.4 Å². The lowest BCUT2D eigenvalue weighted by Gasteiger charge is -2.19. The summed E-state index contributed by atoms with van der Waals surface area (Å²) in [7, 11) is 0. The quantitative estimate of drug-likeness (QED) is 0.225. The number of carboxylic acids is 1. The Balaban J connectivity index is 1.46. The molecular weight excluding hydrogens is 628 g/mol. The highest BCUT2D eigenvalue weighted by atomic mass is 16.7. The number of pyridine rings is 1. The molecule has 4 rings (SSSR count). The van der Waals surface area contributed by atoms with Crippen LogP contribution in [-0.2, 0) is 25.7 Å². The number of nitrogens with zero attached hydrogens (tertiary/aromatic N) is 5. The number of carboxylic acid groups (broad SMARTS) is 1. The number of imidazole rings is 1. The molecule has 16 nitrogen and oxygen atoms in total. The van der Waals surface area contributed by atoms with E-state index in [9.17, 15) is 29.1 Å². The summed E-state index contributed by atoms with van der Waals surface area (Å²) in [6, 6.07) is 9.11. The Morgan fingerprint density at radius 3 is 2.15 bits per heavy atom. The van der Waals surface area contributed by atoms with E-state index < -0.39 is 53.9 Å². The van der Waals surface area contributed by atoms with Gasteiger partial charge in [-0.15, -0.1) is 10.1 Å². The molecule has 0 bridgehead atoms. The molecule has 1 aromatic carbocycles. The second-order valence-electron chi connectivity index (χ2n) is 12.6. The lowest BCUT2D eigenvalue weighted by molar-refractivity contribution is -0.178. The van der Waals surface area contributed by atoms with E-state index in [1.54, 1.807) is 81.3 Å². The third-order valence-electron chi connectivity index (χ3n) is 6.33. The van der Waals surface area contributed by atoms with Crippen molar-refractivity contribution >= 4 is 30.0 Å². The zero-order valence-corrected chi connectivity index (χ0v) is 27.5. The maximum absolute atomic E-state index is 12.7. The first-order valence-electron chi connectivity index (χ1n) is 15.0. The SMILES string of the molecule is CC(C)(C)OC(=O)/N=c1\n(CCCNC(=O)OC(C)(C)C)ccn1-c1ccc(OCC(ON2C(=O)c3ccccc3C2=O)C(=O)O)cn1. The summed E-state index contributed by atoms with van der Waals surface area (Å²) in [5.41, 5.74) is -1.00. The summed E-state index contributed by atoms with van der Waals surface area (Å²) in [6.45, 7) is 10.6. The van der Waals surface area contributed by atoms with Crippen LogP contribution in [0.2, 0.25) is 0 Å². The van der Waals surface area contributed by atoms with Gasteiger partial charge >= 0.3 is 18.2 Å². The summed E-state index contributed by atoms with van der Waals surface area (Å²) in [5.74, 6) is -2.50. The van der Waals surface area contributed by atoms with Crippen molar-refractivity contribution < 1.29 is 48.1 Å². The van der Waals surface area contributed by atoms with Crippen LogP contribution in [0.15, 0.2) is 60.0 Å². The molecule has 0 aliphatic carbocycles. The summed E-state index contributed by atoms with van der Waals surface area (Å²) < 4.78 is 19.4. The van der Waals surface area contributed by atoms with E-state index in [0.717, 1.165) is 0 Å². The normalized spacial score (nSPS) is 14.0. The number of carbonyl (C=O) groups excluding carboxylic acids is 4. The second-order valence-corrected chi connectivity index (χ2v) is 12.6. The lowest BCUT2D eigenvalue weighted by atomic mass is 10.1. The molecule has 4 amide bonds. The Kier molecular flexibility index (Phi) is 10.7. The van der Waals surface area contributed by atoms with Gasteiger partial charge in [0.1, 0.15) is 29.4 Å². The molecule has 0 saturated heterocycles. The van der Waals surface area contributed by atoms with E-state index in [-0.39, 0.29) is 22.5 Å². The summed E-state index contributed by atoms with van der Waals surface area (Å²) >= 11 is 0. The minimum atomic E-state index is -1.70. The van der Waals surface area contributed by atoms with Crippen molar-refractivity contribution in [3.05, 3.63) is 71.7 Å². The van der Waals surface area contributed by atoms with Crippen LogP contribution in [-0.4, -0.2) is 84.7 Å². The number of fused-ring (bicyclic) bond motifs is 1.